The Morgan fingerprint density at radius 2 is 2.23 bits per heavy atom. The van der Waals surface area contributed by atoms with Crippen LogP contribution in [0.4, 0.5) is 0 Å². The summed E-state index contributed by atoms with van der Waals surface area (Å²) in [5, 5.41) is 3.21. The minimum absolute atomic E-state index is 0.00599. The van der Waals surface area contributed by atoms with E-state index in [4.69, 9.17) is 0 Å². The fourth-order valence-electron chi connectivity index (χ4n) is 3.57. The maximum atomic E-state index is 12.5. The maximum absolute atomic E-state index is 12.5. The lowest BCUT2D eigenvalue weighted by Gasteiger charge is -2.29. The van der Waals surface area contributed by atoms with Gasteiger partial charge in [-0.25, -0.2) is 9.97 Å². The average Bonchev–Trinajstić information content (AvgIpc) is 3.05. The Bertz CT molecular complexity index is 676. The third-order valence-electron chi connectivity index (χ3n) is 5.01. The number of amides is 1. The molecule has 0 bridgehead atoms. The van der Waals surface area contributed by atoms with E-state index in [1.165, 1.54) is 25.7 Å². The highest BCUT2D eigenvalue weighted by Crippen LogP contribution is 2.56. The largest absolute Gasteiger partial charge is 0.349 e. The van der Waals surface area contributed by atoms with Gasteiger partial charge in [0, 0.05) is 30.2 Å². The third kappa shape index (κ3) is 2.63. The molecule has 1 unspecified atom stereocenters. The lowest BCUT2D eigenvalue weighted by Crippen LogP contribution is -2.38. The van der Waals surface area contributed by atoms with Crippen molar-refractivity contribution in [2.75, 3.05) is 0 Å². The quantitative estimate of drug-likeness (QED) is 0.947. The first-order chi connectivity index (χ1) is 10.7. The summed E-state index contributed by atoms with van der Waals surface area (Å²) in [5.74, 6) is 0.721. The molecule has 5 heteroatoms. The molecule has 2 aromatic heterocycles. The molecule has 2 aliphatic rings. The van der Waals surface area contributed by atoms with E-state index in [2.05, 4.69) is 15.3 Å². The van der Waals surface area contributed by atoms with Crippen molar-refractivity contribution in [2.45, 2.75) is 44.6 Å². The van der Waals surface area contributed by atoms with Gasteiger partial charge in [0.05, 0.1) is 0 Å². The standard InChI is InChI=1S/C17H20N4O/c22-16(20-14-2-1-4-17(11-14)5-6-17)13-3-7-19-15(10-13)21-9-8-18-12-21/h3,7-10,12,14H,1-2,4-6,11H2,(H,20,22). The van der Waals surface area contributed by atoms with Crippen molar-refractivity contribution >= 4 is 5.91 Å². The predicted molar refractivity (Wildman–Crippen MR) is 82.7 cm³/mol. The van der Waals surface area contributed by atoms with E-state index in [0.717, 1.165) is 12.8 Å². The van der Waals surface area contributed by atoms with Crippen molar-refractivity contribution in [3.63, 3.8) is 0 Å². The van der Waals surface area contributed by atoms with Crippen LogP contribution in [0.15, 0.2) is 37.1 Å². The van der Waals surface area contributed by atoms with Crippen LogP contribution < -0.4 is 5.32 Å². The zero-order valence-corrected chi connectivity index (χ0v) is 12.5. The monoisotopic (exact) mass is 296 g/mol. The number of imidazole rings is 1. The fourth-order valence-corrected chi connectivity index (χ4v) is 3.57. The topological polar surface area (TPSA) is 59.8 Å². The lowest BCUT2D eigenvalue weighted by atomic mass is 9.83. The molecule has 0 saturated heterocycles. The number of carbonyl (C=O) groups excluding carboxylic acids is 1. The van der Waals surface area contributed by atoms with Crippen LogP contribution in [0.2, 0.25) is 0 Å². The normalized spacial score (nSPS) is 22.5. The number of nitrogens with zero attached hydrogens (tertiary/aromatic N) is 3. The van der Waals surface area contributed by atoms with Gasteiger partial charge in [-0.3, -0.25) is 9.36 Å². The lowest BCUT2D eigenvalue weighted by molar-refractivity contribution is 0.0916. The molecular formula is C17H20N4O. The molecule has 1 amide bonds. The molecule has 114 valence electrons. The maximum Gasteiger partial charge on any atom is 0.251 e. The summed E-state index contributed by atoms with van der Waals surface area (Å²) in [6, 6.07) is 3.91. The molecular weight excluding hydrogens is 276 g/mol. The van der Waals surface area contributed by atoms with Crippen LogP contribution in [0.25, 0.3) is 5.82 Å². The molecule has 1 spiro atoms. The van der Waals surface area contributed by atoms with Gasteiger partial charge in [-0.1, -0.05) is 6.42 Å². The number of hydrogen-bond donors (Lipinski definition) is 1. The summed E-state index contributed by atoms with van der Waals surface area (Å²) in [5.41, 5.74) is 1.23. The van der Waals surface area contributed by atoms with Crippen molar-refractivity contribution in [2.24, 2.45) is 5.41 Å². The summed E-state index contributed by atoms with van der Waals surface area (Å²) in [6.45, 7) is 0. The summed E-state index contributed by atoms with van der Waals surface area (Å²) in [7, 11) is 0. The van der Waals surface area contributed by atoms with Gasteiger partial charge in [-0.05, 0) is 49.7 Å². The Balaban J connectivity index is 1.47. The first kappa shape index (κ1) is 13.5. The van der Waals surface area contributed by atoms with E-state index in [-0.39, 0.29) is 5.91 Å². The summed E-state index contributed by atoms with van der Waals surface area (Å²) in [4.78, 5) is 20.8. The zero-order valence-electron chi connectivity index (χ0n) is 12.5. The molecule has 4 rings (SSSR count). The zero-order chi connectivity index (χ0) is 15.0. The molecule has 5 nitrogen and oxygen atoms in total. The molecule has 0 radical (unpaired) electrons. The van der Waals surface area contributed by atoms with E-state index in [1.807, 2.05) is 12.3 Å². The highest BCUT2D eigenvalue weighted by atomic mass is 16.1. The van der Waals surface area contributed by atoms with Crippen molar-refractivity contribution in [1.82, 2.24) is 19.9 Å². The van der Waals surface area contributed by atoms with Crippen LogP contribution in [-0.4, -0.2) is 26.5 Å². The van der Waals surface area contributed by atoms with Gasteiger partial charge in [-0.15, -0.1) is 0 Å². The van der Waals surface area contributed by atoms with E-state index in [0.29, 0.717) is 22.8 Å². The number of carbonyl (C=O) groups is 1. The predicted octanol–water partition coefficient (Wildman–Crippen LogP) is 2.72. The van der Waals surface area contributed by atoms with Crippen molar-refractivity contribution in [3.8, 4) is 5.82 Å². The molecule has 2 saturated carbocycles. The Morgan fingerprint density at radius 3 is 3.00 bits per heavy atom. The second-order valence-electron chi connectivity index (χ2n) is 6.64. The van der Waals surface area contributed by atoms with Crippen LogP contribution in [0.3, 0.4) is 0 Å². The SMILES string of the molecule is O=C(NC1CCCC2(CC2)C1)c1ccnc(-n2ccnc2)c1. The molecule has 2 fully saturated rings. The van der Waals surface area contributed by atoms with Gasteiger partial charge in [-0.2, -0.15) is 0 Å². The van der Waals surface area contributed by atoms with Crippen LogP contribution in [-0.2, 0) is 0 Å². The van der Waals surface area contributed by atoms with Gasteiger partial charge in [0.2, 0.25) is 0 Å². The second-order valence-corrected chi connectivity index (χ2v) is 6.64. The molecule has 1 atom stereocenters. The Hall–Kier alpha value is -2.17. The molecule has 0 aromatic carbocycles. The smallest absolute Gasteiger partial charge is 0.251 e. The van der Waals surface area contributed by atoms with Crippen LogP contribution >= 0.6 is 0 Å². The molecule has 0 aliphatic heterocycles. The van der Waals surface area contributed by atoms with Crippen molar-refractivity contribution in [1.29, 1.82) is 0 Å². The van der Waals surface area contributed by atoms with E-state index >= 15 is 0 Å². The number of pyridine rings is 1. The van der Waals surface area contributed by atoms with Crippen molar-refractivity contribution < 1.29 is 4.79 Å². The average molecular weight is 296 g/mol. The Kier molecular flexibility index (Phi) is 3.21. The van der Waals surface area contributed by atoms with E-state index in [9.17, 15) is 4.79 Å². The van der Waals surface area contributed by atoms with Gasteiger partial charge in [0.15, 0.2) is 0 Å². The van der Waals surface area contributed by atoms with E-state index < -0.39 is 0 Å². The van der Waals surface area contributed by atoms with Gasteiger partial charge in [0.1, 0.15) is 12.1 Å². The van der Waals surface area contributed by atoms with Gasteiger partial charge >= 0.3 is 0 Å². The molecule has 2 aliphatic carbocycles. The summed E-state index contributed by atoms with van der Waals surface area (Å²) < 4.78 is 1.80. The van der Waals surface area contributed by atoms with Crippen molar-refractivity contribution in [3.05, 3.63) is 42.6 Å². The highest BCUT2D eigenvalue weighted by molar-refractivity contribution is 5.94. The van der Waals surface area contributed by atoms with Crippen LogP contribution in [0.5, 0.6) is 0 Å². The first-order valence-corrected chi connectivity index (χ1v) is 7.99. The minimum Gasteiger partial charge on any atom is -0.349 e. The van der Waals surface area contributed by atoms with Crippen LogP contribution in [0.1, 0.15) is 48.9 Å². The Morgan fingerprint density at radius 1 is 1.32 bits per heavy atom. The fraction of sp³-hybridized carbons (Fsp3) is 0.471. The third-order valence-corrected chi connectivity index (χ3v) is 5.01. The number of rotatable bonds is 3. The number of nitrogens with one attached hydrogen (secondary N) is 1. The van der Waals surface area contributed by atoms with Gasteiger partial charge in [0.25, 0.3) is 5.91 Å². The minimum atomic E-state index is 0.00599. The van der Waals surface area contributed by atoms with Gasteiger partial charge < -0.3 is 5.32 Å². The molecule has 2 aromatic rings. The van der Waals surface area contributed by atoms with E-state index in [1.54, 1.807) is 29.4 Å². The number of hydrogen-bond acceptors (Lipinski definition) is 3. The molecule has 22 heavy (non-hydrogen) atoms. The highest BCUT2D eigenvalue weighted by Gasteiger charge is 2.45. The summed E-state index contributed by atoms with van der Waals surface area (Å²) >= 11 is 0. The number of aromatic nitrogens is 3. The molecule has 1 N–H and O–H groups in total. The molecule has 2 heterocycles. The van der Waals surface area contributed by atoms with Crippen LogP contribution in [0, 0.1) is 5.41 Å². The second kappa shape index (κ2) is 5.23. The Labute approximate surface area is 129 Å². The first-order valence-electron chi connectivity index (χ1n) is 7.99. The summed E-state index contributed by atoms with van der Waals surface area (Å²) in [6.07, 6.45) is 14.4.